The molecular formula is C15H29N3O2. The predicted molar refractivity (Wildman–Crippen MR) is 80.6 cm³/mol. The van der Waals surface area contributed by atoms with Crippen LogP contribution in [0, 0.1) is 11.8 Å². The molecule has 2 atom stereocenters. The zero-order chi connectivity index (χ0) is 15.0. The lowest BCUT2D eigenvalue weighted by Crippen LogP contribution is -2.46. The second kappa shape index (κ2) is 8.82. The maximum atomic E-state index is 12.4. The van der Waals surface area contributed by atoms with Crippen molar-refractivity contribution in [1.29, 1.82) is 0 Å². The summed E-state index contributed by atoms with van der Waals surface area (Å²) in [5, 5.41) is 14.9. The molecular weight excluding hydrogens is 254 g/mol. The Balaban J connectivity index is 2.63. The van der Waals surface area contributed by atoms with Gasteiger partial charge in [-0.05, 0) is 31.6 Å². The lowest BCUT2D eigenvalue weighted by Gasteiger charge is -2.31. The van der Waals surface area contributed by atoms with Crippen LogP contribution in [0.25, 0.3) is 0 Å². The van der Waals surface area contributed by atoms with Crippen LogP contribution in [-0.4, -0.2) is 23.0 Å². The molecule has 2 unspecified atom stereocenters. The third-order valence-electron chi connectivity index (χ3n) is 4.35. The SMILES string of the molecule is CCCC(C(=O)NC(CC)C1CCCCC1)C(N)=NO. The monoisotopic (exact) mass is 283 g/mol. The molecule has 1 fully saturated rings. The molecule has 0 aliphatic heterocycles. The van der Waals surface area contributed by atoms with E-state index in [0.717, 1.165) is 12.8 Å². The second-order valence-corrected chi connectivity index (χ2v) is 5.79. The number of hydrogen-bond donors (Lipinski definition) is 3. The first-order valence-corrected chi connectivity index (χ1v) is 7.91. The molecule has 0 spiro atoms. The number of carbonyl (C=O) groups is 1. The van der Waals surface area contributed by atoms with Crippen molar-refractivity contribution in [3.05, 3.63) is 0 Å². The van der Waals surface area contributed by atoms with Crippen LogP contribution in [0.15, 0.2) is 5.16 Å². The third-order valence-corrected chi connectivity index (χ3v) is 4.35. The third kappa shape index (κ3) is 4.69. The van der Waals surface area contributed by atoms with Crippen molar-refractivity contribution in [2.45, 2.75) is 71.3 Å². The molecule has 1 aliphatic rings. The molecule has 4 N–H and O–H groups in total. The van der Waals surface area contributed by atoms with Crippen molar-refractivity contribution in [2.75, 3.05) is 0 Å². The van der Waals surface area contributed by atoms with E-state index in [4.69, 9.17) is 10.9 Å². The average molecular weight is 283 g/mol. The molecule has 0 saturated heterocycles. The van der Waals surface area contributed by atoms with E-state index in [1.807, 2.05) is 6.92 Å². The summed E-state index contributed by atoms with van der Waals surface area (Å²) >= 11 is 0. The van der Waals surface area contributed by atoms with Crippen molar-refractivity contribution < 1.29 is 10.0 Å². The maximum Gasteiger partial charge on any atom is 0.231 e. The van der Waals surface area contributed by atoms with Crippen molar-refractivity contribution in [3.63, 3.8) is 0 Å². The van der Waals surface area contributed by atoms with Gasteiger partial charge in [0.1, 0.15) is 0 Å². The first-order valence-electron chi connectivity index (χ1n) is 7.91. The summed E-state index contributed by atoms with van der Waals surface area (Å²) in [4.78, 5) is 12.4. The van der Waals surface area contributed by atoms with Crippen LogP contribution >= 0.6 is 0 Å². The Hall–Kier alpha value is -1.26. The highest BCUT2D eigenvalue weighted by atomic mass is 16.4. The molecule has 20 heavy (non-hydrogen) atoms. The van der Waals surface area contributed by atoms with Gasteiger partial charge in [0.25, 0.3) is 0 Å². The molecule has 0 heterocycles. The van der Waals surface area contributed by atoms with Crippen LogP contribution in [0.5, 0.6) is 0 Å². The van der Waals surface area contributed by atoms with Gasteiger partial charge in [-0.25, -0.2) is 0 Å². The van der Waals surface area contributed by atoms with E-state index in [9.17, 15) is 4.79 Å². The lowest BCUT2D eigenvalue weighted by molar-refractivity contribution is -0.124. The summed E-state index contributed by atoms with van der Waals surface area (Å²) in [5.41, 5.74) is 5.64. The Bertz CT molecular complexity index is 325. The molecule has 5 nitrogen and oxygen atoms in total. The minimum atomic E-state index is -0.511. The minimum absolute atomic E-state index is 0.0165. The quantitative estimate of drug-likeness (QED) is 0.290. The number of amidine groups is 1. The van der Waals surface area contributed by atoms with Crippen LogP contribution in [0.4, 0.5) is 0 Å². The minimum Gasteiger partial charge on any atom is -0.409 e. The van der Waals surface area contributed by atoms with E-state index < -0.39 is 5.92 Å². The van der Waals surface area contributed by atoms with E-state index in [-0.39, 0.29) is 17.8 Å². The fourth-order valence-electron chi connectivity index (χ4n) is 3.14. The second-order valence-electron chi connectivity index (χ2n) is 5.79. The normalized spacial score (nSPS) is 20.4. The molecule has 1 rings (SSSR count). The molecule has 1 amide bonds. The highest BCUT2D eigenvalue weighted by molar-refractivity contribution is 6.02. The van der Waals surface area contributed by atoms with Gasteiger partial charge in [0.2, 0.25) is 5.91 Å². The Morgan fingerprint density at radius 1 is 1.35 bits per heavy atom. The van der Waals surface area contributed by atoms with Crippen LogP contribution in [0.2, 0.25) is 0 Å². The average Bonchev–Trinajstić information content (AvgIpc) is 2.50. The van der Waals surface area contributed by atoms with E-state index in [1.165, 1.54) is 32.1 Å². The maximum absolute atomic E-state index is 12.4. The largest absolute Gasteiger partial charge is 0.409 e. The molecule has 0 aromatic rings. The van der Waals surface area contributed by atoms with Crippen molar-refractivity contribution in [3.8, 4) is 0 Å². The number of amides is 1. The molecule has 0 bridgehead atoms. The number of nitrogens with zero attached hydrogens (tertiary/aromatic N) is 1. The number of nitrogens with two attached hydrogens (primary N) is 1. The van der Waals surface area contributed by atoms with Gasteiger partial charge in [0.05, 0.1) is 5.92 Å². The summed E-state index contributed by atoms with van der Waals surface area (Å²) in [7, 11) is 0. The van der Waals surface area contributed by atoms with Crippen molar-refractivity contribution in [1.82, 2.24) is 5.32 Å². The molecule has 0 radical (unpaired) electrons. The zero-order valence-corrected chi connectivity index (χ0v) is 12.8. The molecule has 1 saturated carbocycles. The molecule has 5 heteroatoms. The highest BCUT2D eigenvalue weighted by Gasteiger charge is 2.28. The summed E-state index contributed by atoms with van der Waals surface area (Å²) in [6.07, 6.45) is 8.60. The topological polar surface area (TPSA) is 87.7 Å². The first-order chi connectivity index (χ1) is 9.63. The summed E-state index contributed by atoms with van der Waals surface area (Å²) in [6.45, 7) is 4.10. The molecule has 116 valence electrons. The fraction of sp³-hybridized carbons (Fsp3) is 0.867. The van der Waals surface area contributed by atoms with Crippen molar-refractivity contribution in [2.24, 2.45) is 22.7 Å². The number of nitrogens with one attached hydrogen (secondary N) is 1. The van der Waals surface area contributed by atoms with Crippen LogP contribution in [0.1, 0.15) is 65.2 Å². The Morgan fingerprint density at radius 3 is 2.50 bits per heavy atom. The van der Waals surface area contributed by atoms with Crippen LogP contribution in [-0.2, 0) is 4.79 Å². The Labute approximate surface area is 122 Å². The number of oxime groups is 1. The van der Waals surface area contributed by atoms with Gasteiger partial charge in [-0.1, -0.05) is 44.7 Å². The van der Waals surface area contributed by atoms with Crippen molar-refractivity contribution >= 4 is 11.7 Å². The van der Waals surface area contributed by atoms with E-state index in [2.05, 4.69) is 17.4 Å². The van der Waals surface area contributed by atoms with E-state index in [1.54, 1.807) is 0 Å². The molecule has 1 aliphatic carbocycles. The molecule has 0 aromatic carbocycles. The van der Waals surface area contributed by atoms with Gasteiger partial charge in [-0.15, -0.1) is 0 Å². The van der Waals surface area contributed by atoms with Crippen LogP contribution in [0.3, 0.4) is 0 Å². The van der Waals surface area contributed by atoms with Gasteiger partial charge in [0.15, 0.2) is 5.84 Å². The summed E-state index contributed by atoms with van der Waals surface area (Å²) in [6, 6.07) is 0.216. The first kappa shape index (κ1) is 16.8. The number of rotatable bonds is 7. The van der Waals surface area contributed by atoms with Gasteiger partial charge < -0.3 is 16.3 Å². The van der Waals surface area contributed by atoms with Gasteiger partial charge >= 0.3 is 0 Å². The van der Waals surface area contributed by atoms with Gasteiger partial charge in [-0.2, -0.15) is 0 Å². The number of hydrogen-bond acceptors (Lipinski definition) is 3. The molecule has 0 aromatic heterocycles. The van der Waals surface area contributed by atoms with E-state index >= 15 is 0 Å². The van der Waals surface area contributed by atoms with E-state index in [0.29, 0.717) is 12.3 Å². The smallest absolute Gasteiger partial charge is 0.231 e. The number of carbonyl (C=O) groups excluding carboxylic acids is 1. The Kier molecular flexibility index (Phi) is 7.41. The summed E-state index contributed by atoms with van der Waals surface area (Å²) in [5.74, 6) is -0.0164. The zero-order valence-electron chi connectivity index (χ0n) is 12.8. The fourth-order valence-corrected chi connectivity index (χ4v) is 3.14. The lowest BCUT2D eigenvalue weighted by atomic mass is 9.82. The summed E-state index contributed by atoms with van der Waals surface area (Å²) < 4.78 is 0. The van der Waals surface area contributed by atoms with Crippen LogP contribution < -0.4 is 11.1 Å². The highest BCUT2D eigenvalue weighted by Crippen LogP contribution is 2.28. The standard InChI is InChI=1S/C15H29N3O2/c1-3-8-12(14(16)18-20)15(19)17-13(4-2)11-9-6-5-7-10-11/h11-13,20H,3-10H2,1-2H3,(H2,16,18)(H,17,19). The Morgan fingerprint density at radius 2 is 2.00 bits per heavy atom. The van der Waals surface area contributed by atoms with Gasteiger partial charge in [-0.3, -0.25) is 4.79 Å². The van der Waals surface area contributed by atoms with Gasteiger partial charge in [0, 0.05) is 6.04 Å². The predicted octanol–water partition coefficient (Wildman–Crippen LogP) is 2.62.